The molecule has 5 nitrogen and oxygen atoms in total. The highest BCUT2D eigenvalue weighted by atomic mass is 16.5. The molecule has 0 fully saturated rings. The molecule has 5 heteroatoms. The number of hydrogen-bond donors (Lipinski definition) is 0. The predicted molar refractivity (Wildman–Crippen MR) is 51.6 cm³/mol. The Bertz CT molecular complexity index is 366. The normalized spacial score (nSPS) is 9.53. The first-order valence-electron chi connectivity index (χ1n) is 4.33. The Labute approximate surface area is 87.0 Å². The van der Waals surface area contributed by atoms with Crippen molar-refractivity contribution in [3.8, 4) is 11.6 Å². The van der Waals surface area contributed by atoms with E-state index >= 15 is 0 Å². The SMILES string of the molecule is CC(=O)Oc1cc(C)nc(OC(C)=O)c1. The van der Waals surface area contributed by atoms with Crippen molar-refractivity contribution in [2.45, 2.75) is 20.8 Å². The summed E-state index contributed by atoms with van der Waals surface area (Å²) in [5.74, 6) is -0.471. The standard InChI is InChI=1S/C10H11NO4/c1-6-4-9(14-7(2)12)5-10(11-6)15-8(3)13/h4-5H,1-3H3. The lowest BCUT2D eigenvalue weighted by atomic mass is 10.3. The van der Waals surface area contributed by atoms with Crippen LogP contribution in [0.3, 0.4) is 0 Å². The number of rotatable bonds is 2. The Morgan fingerprint density at radius 1 is 1.13 bits per heavy atom. The van der Waals surface area contributed by atoms with Crippen molar-refractivity contribution in [3.05, 3.63) is 17.8 Å². The van der Waals surface area contributed by atoms with E-state index in [9.17, 15) is 9.59 Å². The van der Waals surface area contributed by atoms with Crippen molar-refractivity contribution in [3.63, 3.8) is 0 Å². The molecule has 0 atom stereocenters. The molecular formula is C10H11NO4. The highest BCUT2D eigenvalue weighted by molar-refractivity contribution is 5.70. The Morgan fingerprint density at radius 2 is 1.73 bits per heavy atom. The van der Waals surface area contributed by atoms with Crippen LogP contribution in [0.4, 0.5) is 0 Å². The number of ether oxygens (including phenoxy) is 2. The molecule has 0 aliphatic rings. The van der Waals surface area contributed by atoms with Crippen molar-refractivity contribution in [1.82, 2.24) is 4.98 Å². The van der Waals surface area contributed by atoms with Crippen LogP contribution in [0.5, 0.6) is 11.6 Å². The van der Waals surface area contributed by atoms with Crippen LogP contribution in [0, 0.1) is 6.92 Å². The fraction of sp³-hybridized carbons (Fsp3) is 0.300. The first kappa shape index (κ1) is 11.2. The van der Waals surface area contributed by atoms with Crippen molar-refractivity contribution >= 4 is 11.9 Å². The monoisotopic (exact) mass is 209 g/mol. The molecule has 1 aromatic rings. The molecule has 0 saturated carbocycles. The molecule has 1 aromatic heterocycles. The van der Waals surface area contributed by atoms with Gasteiger partial charge in [0, 0.05) is 31.7 Å². The Hall–Kier alpha value is -1.91. The average molecular weight is 209 g/mol. The average Bonchev–Trinajstić information content (AvgIpc) is 1.98. The third kappa shape index (κ3) is 3.76. The van der Waals surface area contributed by atoms with Crippen molar-refractivity contribution in [1.29, 1.82) is 0 Å². The maximum atomic E-state index is 10.7. The minimum Gasteiger partial charge on any atom is -0.426 e. The van der Waals surface area contributed by atoms with Crippen LogP contribution < -0.4 is 9.47 Å². The van der Waals surface area contributed by atoms with E-state index in [2.05, 4.69) is 4.98 Å². The molecule has 1 rings (SSSR count). The van der Waals surface area contributed by atoms with Gasteiger partial charge in [0.25, 0.3) is 0 Å². The van der Waals surface area contributed by atoms with Crippen LogP contribution in [-0.2, 0) is 9.59 Å². The van der Waals surface area contributed by atoms with Gasteiger partial charge in [-0.1, -0.05) is 0 Å². The fourth-order valence-corrected chi connectivity index (χ4v) is 1.03. The Kier molecular flexibility index (Phi) is 3.38. The topological polar surface area (TPSA) is 65.5 Å². The van der Waals surface area contributed by atoms with E-state index < -0.39 is 11.9 Å². The van der Waals surface area contributed by atoms with Crippen LogP contribution in [0.15, 0.2) is 12.1 Å². The van der Waals surface area contributed by atoms with E-state index in [4.69, 9.17) is 9.47 Å². The van der Waals surface area contributed by atoms with E-state index in [0.29, 0.717) is 11.4 Å². The van der Waals surface area contributed by atoms with Gasteiger partial charge in [0.05, 0.1) is 0 Å². The minimum absolute atomic E-state index is 0.124. The second-order valence-electron chi connectivity index (χ2n) is 2.97. The summed E-state index contributed by atoms with van der Waals surface area (Å²) in [6, 6.07) is 2.96. The molecular weight excluding hydrogens is 198 g/mol. The molecule has 0 N–H and O–H groups in total. The largest absolute Gasteiger partial charge is 0.426 e. The third-order valence-electron chi connectivity index (χ3n) is 1.41. The quantitative estimate of drug-likeness (QED) is 0.685. The molecule has 15 heavy (non-hydrogen) atoms. The molecule has 80 valence electrons. The van der Waals surface area contributed by atoms with Crippen LogP contribution >= 0.6 is 0 Å². The molecule has 0 bridgehead atoms. The van der Waals surface area contributed by atoms with E-state index in [-0.39, 0.29) is 5.88 Å². The zero-order valence-electron chi connectivity index (χ0n) is 8.73. The molecule has 0 aliphatic heterocycles. The first-order valence-corrected chi connectivity index (χ1v) is 4.33. The summed E-state index contributed by atoms with van der Waals surface area (Å²) in [5.41, 5.74) is 0.602. The maximum Gasteiger partial charge on any atom is 0.309 e. The van der Waals surface area contributed by atoms with Gasteiger partial charge in [0.1, 0.15) is 5.75 Å². The molecule has 0 amide bonds. The molecule has 0 unspecified atom stereocenters. The molecule has 0 radical (unpaired) electrons. The zero-order valence-corrected chi connectivity index (χ0v) is 8.73. The first-order chi connectivity index (χ1) is 6.97. The van der Waals surface area contributed by atoms with Gasteiger partial charge < -0.3 is 9.47 Å². The molecule has 0 aromatic carbocycles. The number of hydrogen-bond acceptors (Lipinski definition) is 5. The van der Waals surface area contributed by atoms with Crippen LogP contribution in [-0.4, -0.2) is 16.9 Å². The summed E-state index contributed by atoms with van der Waals surface area (Å²) < 4.78 is 9.62. The summed E-state index contributed by atoms with van der Waals surface area (Å²) in [7, 11) is 0. The summed E-state index contributed by atoms with van der Waals surface area (Å²) >= 11 is 0. The van der Waals surface area contributed by atoms with Crippen molar-refractivity contribution < 1.29 is 19.1 Å². The van der Waals surface area contributed by atoms with Crippen LogP contribution in [0.1, 0.15) is 19.5 Å². The molecule has 0 saturated heterocycles. The minimum atomic E-state index is -0.470. The van der Waals surface area contributed by atoms with Gasteiger partial charge in [-0.3, -0.25) is 9.59 Å². The van der Waals surface area contributed by atoms with Gasteiger partial charge >= 0.3 is 11.9 Å². The number of aryl methyl sites for hydroxylation is 1. The lowest BCUT2D eigenvalue weighted by Crippen LogP contribution is -2.06. The van der Waals surface area contributed by atoms with Gasteiger partial charge in [0.2, 0.25) is 5.88 Å². The number of pyridine rings is 1. The lowest BCUT2D eigenvalue weighted by molar-refractivity contribution is -0.132. The second kappa shape index (κ2) is 4.54. The third-order valence-corrected chi connectivity index (χ3v) is 1.41. The predicted octanol–water partition coefficient (Wildman–Crippen LogP) is 1.24. The van der Waals surface area contributed by atoms with Gasteiger partial charge in [-0.25, -0.2) is 4.98 Å². The molecule has 1 heterocycles. The lowest BCUT2D eigenvalue weighted by Gasteiger charge is -2.05. The molecule has 0 aliphatic carbocycles. The van der Waals surface area contributed by atoms with Gasteiger partial charge in [0.15, 0.2) is 0 Å². The second-order valence-corrected chi connectivity index (χ2v) is 2.97. The number of nitrogens with zero attached hydrogens (tertiary/aromatic N) is 1. The van der Waals surface area contributed by atoms with E-state index in [1.165, 1.54) is 19.9 Å². The molecule has 0 spiro atoms. The van der Waals surface area contributed by atoms with E-state index in [0.717, 1.165) is 0 Å². The van der Waals surface area contributed by atoms with Crippen LogP contribution in [0.25, 0.3) is 0 Å². The number of carbonyl (C=O) groups is 2. The van der Waals surface area contributed by atoms with Gasteiger partial charge in [-0.05, 0) is 6.92 Å². The van der Waals surface area contributed by atoms with Gasteiger partial charge in [-0.2, -0.15) is 0 Å². The smallest absolute Gasteiger partial charge is 0.309 e. The van der Waals surface area contributed by atoms with Crippen molar-refractivity contribution in [2.75, 3.05) is 0 Å². The fourth-order valence-electron chi connectivity index (χ4n) is 1.03. The summed E-state index contributed by atoms with van der Waals surface area (Å²) in [4.78, 5) is 25.3. The number of aromatic nitrogens is 1. The van der Waals surface area contributed by atoms with E-state index in [1.807, 2.05) is 0 Å². The van der Waals surface area contributed by atoms with E-state index in [1.54, 1.807) is 13.0 Å². The van der Waals surface area contributed by atoms with Crippen LogP contribution in [0.2, 0.25) is 0 Å². The summed E-state index contributed by atoms with van der Waals surface area (Å²) in [6.45, 7) is 4.27. The Morgan fingerprint density at radius 3 is 2.27 bits per heavy atom. The summed E-state index contributed by atoms with van der Waals surface area (Å²) in [6.07, 6.45) is 0. The highest BCUT2D eigenvalue weighted by Gasteiger charge is 2.06. The number of esters is 2. The maximum absolute atomic E-state index is 10.7. The number of carbonyl (C=O) groups excluding carboxylic acids is 2. The summed E-state index contributed by atoms with van der Waals surface area (Å²) in [5, 5.41) is 0. The van der Waals surface area contributed by atoms with Crippen molar-refractivity contribution in [2.24, 2.45) is 0 Å². The highest BCUT2D eigenvalue weighted by Crippen LogP contribution is 2.19. The van der Waals surface area contributed by atoms with Gasteiger partial charge in [-0.15, -0.1) is 0 Å². The zero-order chi connectivity index (χ0) is 11.4. The Balaban J connectivity index is 2.94.